The minimum absolute atomic E-state index is 0.108. The van der Waals surface area contributed by atoms with E-state index in [0.717, 1.165) is 62.7 Å². The second kappa shape index (κ2) is 8.57. The summed E-state index contributed by atoms with van der Waals surface area (Å²) >= 11 is 6.59. The van der Waals surface area contributed by atoms with E-state index >= 15 is 0 Å². The Kier molecular flexibility index (Phi) is 5.77. The Balaban J connectivity index is 1.47. The molecule has 3 heterocycles. The maximum absolute atomic E-state index is 13.2. The first-order valence-corrected chi connectivity index (χ1v) is 11.7. The number of halogens is 1. The lowest BCUT2D eigenvalue weighted by Gasteiger charge is -2.42. The van der Waals surface area contributed by atoms with Crippen LogP contribution in [-0.2, 0) is 10.3 Å². The maximum atomic E-state index is 13.2. The number of ether oxygens (including phenoxy) is 1. The molecular weight excluding hydrogens is 432 g/mol. The molecule has 3 amide bonds. The van der Waals surface area contributed by atoms with E-state index in [1.807, 2.05) is 4.90 Å². The molecule has 2 fully saturated rings. The number of hydrogen-bond donors (Lipinski definition) is 2. The normalized spacial score (nSPS) is 20.8. The number of furan rings is 1. The fraction of sp³-hybridized carbons (Fsp3) is 0.565. The third-order valence-electron chi connectivity index (χ3n) is 7.02. The van der Waals surface area contributed by atoms with E-state index in [0.29, 0.717) is 41.7 Å². The first-order valence-electron chi connectivity index (χ1n) is 11.4. The van der Waals surface area contributed by atoms with Gasteiger partial charge in [-0.2, -0.15) is 0 Å². The van der Waals surface area contributed by atoms with Crippen LogP contribution in [0.4, 0.5) is 10.5 Å². The van der Waals surface area contributed by atoms with Crippen LogP contribution < -0.4 is 10.6 Å². The van der Waals surface area contributed by atoms with Crippen LogP contribution in [0.2, 0.25) is 5.02 Å². The smallest absolute Gasteiger partial charge is 0.319 e. The Morgan fingerprint density at radius 3 is 2.66 bits per heavy atom. The average molecular weight is 461 g/mol. The van der Waals surface area contributed by atoms with Gasteiger partial charge in [0.25, 0.3) is 5.91 Å². The molecule has 3 aliphatic rings. The van der Waals surface area contributed by atoms with Crippen LogP contribution in [0.5, 0.6) is 0 Å². The van der Waals surface area contributed by atoms with Crippen molar-refractivity contribution in [2.75, 3.05) is 51.8 Å². The fourth-order valence-corrected chi connectivity index (χ4v) is 5.60. The van der Waals surface area contributed by atoms with Crippen molar-refractivity contribution < 1.29 is 18.7 Å². The summed E-state index contributed by atoms with van der Waals surface area (Å²) < 4.78 is 11.4. The first kappa shape index (κ1) is 21.6. The first-order chi connectivity index (χ1) is 15.5. The fourth-order valence-electron chi connectivity index (χ4n) is 5.34. The number of hydrogen-bond acceptors (Lipinski definition) is 5. The summed E-state index contributed by atoms with van der Waals surface area (Å²) in [6.07, 6.45) is 4.84. The lowest BCUT2D eigenvalue weighted by Crippen LogP contribution is -2.52. The molecule has 0 unspecified atom stereocenters. The summed E-state index contributed by atoms with van der Waals surface area (Å²) in [6.45, 7) is 4.50. The zero-order valence-electron chi connectivity index (χ0n) is 18.3. The van der Waals surface area contributed by atoms with E-state index in [4.69, 9.17) is 20.8 Å². The molecule has 1 saturated carbocycles. The maximum Gasteiger partial charge on any atom is 0.319 e. The van der Waals surface area contributed by atoms with E-state index in [1.165, 1.54) is 0 Å². The highest BCUT2D eigenvalue weighted by atomic mass is 35.5. The molecule has 2 aliphatic heterocycles. The zero-order chi connectivity index (χ0) is 22.3. The van der Waals surface area contributed by atoms with Crippen LogP contribution in [-0.4, -0.2) is 68.2 Å². The number of nitrogens with zero attached hydrogens (tertiary/aromatic N) is 2. The van der Waals surface area contributed by atoms with Gasteiger partial charge in [0.2, 0.25) is 0 Å². The number of benzene rings is 1. The van der Waals surface area contributed by atoms with Crippen molar-refractivity contribution in [3.05, 3.63) is 28.5 Å². The molecule has 1 aromatic heterocycles. The van der Waals surface area contributed by atoms with Crippen molar-refractivity contribution >= 4 is 40.2 Å². The summed E-state index contributed by atoms with van der Waals surface area (Å²) in [7, 11) is 1.70. The van der Waals surface area contributed by atoms with Crippen LogP contribution in [0.25, 0.3) is 11.0 Å². The second-order valence-corrected chi connectivity index (χ2v) is 9.39. The lowest BCUT2D eigenvalue weighted by molar-refractivity contribution is 0.0567. The van der Waals surface area contributed by atoms with Crippen molar-refractivity contribution in [1.29, 1.82) is 0 Å². The van der Waals surface area contributed by atoms with E-state index in [2.05, 4.69) is 15.5 Å². The number of carbonyl (C=O) groups excluding carboxylic acids is 2. The van der Waals surface area contributed by atoms with Gasteiger partial charge in [-0.05, 0) is 25.0 Å². The number of urea groups is 1. The van der Waals surface area contributed by atoms with Crippen LogP contribution in [0, 0.1) is 0 Å². The van der Waals surface area contributed by atoms with Crippen LogP contribution >= 0.6 is 11.6 Å². The van der Waals surface area contributed by atoms with E-state index in [-0.39, 0.29) is 11.9 Å². The van der Waals surface area contributed by atoms with Gasteiger partial charge in [-0.15, -0.1) is 0 Å². The van der Waals surface area contributed by atoms with Crippen molar-refractivity contribution in [2.45, 2.75) is 37.6 Å². The minimum Gasteiger partial charge on any atom is -0.450 e. The molecule has 0 bridgehead atoms. The molecule has 1 saturated heterocycles. The summed E-state index contributed by atoms with van der Waals surface area (Å²) in [5.74, 6) is 0.209. The molecule has 172 valence electrons. The highest BCUT2D eigenvalue weighted by Crippen LogP contribution is 2.49. The molecule has 0 atom stereocenters. The van der Waals surface area contributed by atoms with Crippen molar-refractivity contribution in [3.63, 3.8) is 0 Å². The number of carbonyl (C=O) groups is 2. The number of methoxy groups -OCH3 is 1. The molecule has 2 aromatic rings. The van der Waals surface area contributed by atoms with Gasteiger partial charge in [0.15, 0.2) is 5.76 Å². The van der Waals surface area contributed by atoms with Crippen LogP contribution in [0.3, 0.4) is 0 Å². The molecule has 32 heavy (non-hydrogen) atoms. The van der Waals surface area contributed by atoms with Gasteiger partial charge in [0.05, 0.1) is 22.9 Å². The Morgan fingerprint density at radius 2 is 1.94 bits per heavy atom. The SMILES string of the molecule is COCCN1CCN(C(=O)c2cc3cc(Cl)c4c(c3o2)C2(CCCCC2)NC(=O)N4)CC1. The van der Waals surface area contributed by atoms with Gasteiger partial charge in [-0.25, -0.2) is 4.79 Å². The largest absolute Gasteiger partial charge is 0.450 e. The van der Waals surface area contributed by atoms with Gasteiger partial charge < -0.3 is 24.7 Å². The predicted octanol–water partition coefficient (Wildman–Crippen LogP) is 3.78. The predicted molar refractivity (Wildman–Crippen MR) is 122 cm³/mol. The van der Waals surface area contributed by atoms with Gasteiger partial charge in [-0.3, -0.25) is 9.69 Å². The van der Waals surface area contributed by atoms with Crippen LogP contribution in [0.1, 0.15) is 48.2 Å². The van der Waals surface area contributed by atoms with Crippen molar-refractivity contribution in [3.8, 4) is 0 Å². The lowest BCUT2D eigenvalue weighted by atomic mass is 9.74. The quantitative estimate of drug-likeness (QED) is 0.725. The molecule has 2 N–H and O–H groups in total. The Hall–Kier alpha value is -2.29. The van der Waals surface area contributed by atoms with Crippen molar-refractivity contribution in [2.24, 2.45) is 0 Å². The van der Waals surface area contributed by atoms with Gasteiger partial charge in [-0.1, -0.05) is 30.9 Å². The Morgan fingerprint density at radius 1 is 1.19 bits per heavy atom. The summed E-state index contributed by atoms with van der Waals surface area (Å²) in [6, 6.07) is 3.32. The van der Waals surface area contributed by atoms with E-state index in [1.54, 1.807) is 19.2 Å². The molecule has 1 aliphatic carbocycles. The third kappa shape index (κ3) is 3.74. The van der Waals surface area contributed by atoms with Gasteiger partial charge in [0.1, 0.15) is 5.58 Å². The van der Waals surface area contributed by atoms with E-state index < -0.39 is 5.54 Å². The molecule has 0 radical (unpaired) electrons. The number of anilines is 1. The highest BCUT2D eigenvalue weighted by molar-refractivity contribution is 6.35. The number of rotatable bonds is 4. The Bertz CT molecular complexity index is 1040. The van der Waals surface area contributed by atoms with E-state index in [9.17, 15) is 9.59 Å². The van der Waals surface area contributed by atoms with Gasteiger partial charge >= 0.3 is 6.03 Å². The molecule has 9 heteroatoms. The molecule has 1 spiro atoms. The van der Waals surface area contributed by atoms with Crippen molar-refractivity contribution in [1.82, 2.24) is 15.1 Å². The monoisotopic (exact) mass is 460 g/mol. The average Bonchev–Trinajstić information content (AvgIpc) is 3.21. The zero-order valence-corrected chi connectivity index (χ0v) is 19.1. The summed E-state index contributed by atoms with van der Waals surface area (Å²) in [4.78, 5) is 29.8. The number of nitrogens with one attached hydrogen (secondary N) is 2. The second-order valence-electron chi connectivity index (χ2n) is 8.99. The molecule has 1 aromatic carbocycles. The standard InChI is InChI=1S/C23H29ClN4O4/c1-31-12-11-27-7-9-28(10-8-27)21(29)17-14-15-13-16(24)19-18(20(15)32-17)23(26-22(30)25-19)5-3-2-4-6-23/h13-14H,2-12H2,1H3,(H2,25,26,30). The third-order valence-corrected chi connectivity index (χ3v) is 7.32. The number of piperazine rings is 1. The summed E-state index contributed by atoms with van der Waals surface area (Å²) in [5, 5.41) is 7.27. The topological polar surface area (TPSA) is 87.1 Å². The molecular formula is C23H29ClN4O4. The highest BCUT2D eigenvalue weighted by Gasteiger charge is 2.44. The van der Waals surface area contributed by atoms with Crippen LogP contribution in [0.15, 0.2) is 16.5 Å². The minimum atomic E-state index is -0.510. The number of fused-ring (bicyclic) bond motifs is 4. The molecule has 5 rings (SSSR count). The Labute approximate surface area is 192 Å². The number of amides is 3. The summed E-state index contributed by atoms with van der Waals surface area (Å²) in [5.41, 5.74) is 1.61. The van der Waals surface area contributed by atoms with Gasteiger partial charge in [0, 0.05) is 50.8 Å². The molecule has 8 nitrogen and oxygen atoms in total.